The summed E-state index contributed by atoms with van der Waals surface area (Å²) >= 11 is 0. The molecule has 0 radical (unpaired) electrons. The molecule has 0 aliphatic heterocycles. The van der Waals surface area contributed by atoms with Gasteiger partial charge in [0.2, 0.25) is 0 Å². The largest absolute Gasteiger partial charge is 0.416 e. The quantitative estimate of drug-likeness (QED) is 0.660. The molecule has 2 nitrogen and oxygen atoms in total. The highest BCUT2D eigenvalue weighted by Crippen LogP contribution is 2.34. The Kier molecular flexibility index (Phi) is 3.28. The second-order valence-electron chi connectivity index (χ2n) is 5.10. The molecule has 1 heterocycles. The number of carbonyl (C=O) groups is 1. The van der Waals surface area contributed by atoms with Crippen molar-refractivity contribution in [2.75, 3.05) is 0 Å². The fourth-order valence-corrected chi connectivity index (χ4v) is 2.45. The first-order chi connectivity index (χ1) is 10.4. The normalized spacial score (nSPS) is 11.8. The van der Waals surface area contributed by atoms with Crippen LogP contribution < -0.4 is 0 Å². The van der Waals surface area contributed by atoms with Crippen LogP contribution in [0.15, 0.2) is 48.7 Å². The number of ketones is 1. The summed E-state index contributed by atoms with van der Waals surface area (Å²) in [6.07, 6.45) is -2.71. The predicted molar refractivity (Wildman–Crippen MR) is 78.7 cm³/mol. The summed E-state index contributed by atoms with van der Waals surface area (Å²) in [5.41, 5.74) is 1.76. The molecule has 0 aliphatic rings. The summed E-state index contributed by atoms with van der Waals surface area (Å²) < 4.78 is 38.5. The number of hydrogen-bond acceptors (Lipinski definition) is 1. The van der Waals surface area contributed by atoms with Gasteiger partial charge in [0.15, 0.2) is 5.78 Å². The zero-order chi connectivity index (χ0) is 15.9. The lowest BCUT2D eigenvalue weighted by atomic mass is 10.0. The molecule has 0 atom stereocenters. The average molecular weight is 303 g/mol. The molecule has 0 saturated carbocycles. The fraction of sp³-hybridized carbons (Fsp3) is 0.118. The van der Waals surface area contributed by atoms with Crippen LogP contribution in [0.1, 0.15) is 22.8 Å². The predicted octanol–water partition coefficient (Wildman–Crippen LogP) is 5.06. The number of Topliss-reactive ketones (excluding diaryl/α,β-unsaturated/α-hetero) is 1. The second kappa shape index (κ2) is 5.02. The minimum absolute atomic E-state index is 0.0582. The number of fused-ring (bicyclic) bond motifs is 1. The smallest absolute Gasteiger partial charge is 0.361 e. The van der Waals surface area contributed by atoms with Crippen molar-refractivity contribution in [3.63, 3.8) is 0 Å². The highest BCUT2D eigenvalue weighted by molar-refractivity contribution is 6.01. The topological polar surface area (TPSA) is 32.9 Å². The van der Waals surface area contributed by atoms with Gasteiger partial charge in [0.25, 0.3) is 0 Å². The van der Waals surface area contributed by atoms with Crippen molar-refractivity contribution in [3.05, 3.63) is 59.8 Å². The highest BCUT2D eigenvalue weighted by atomic mass is 19.4. The van der Waals surface area contributed by atoms with Crippen LogP contribution in [0.2, 0.25) is 0 Å². The van der Waals surface area contributed by atoms with E-state index >= 15 is 0 Å². The Balaban J connectivity index is 2.13. The van der Waals surface area contributed by atoms with Gasteiger partial charge in [-0.25, -0.2) is 0 Å². The molecule has 1 N–H and O–H groups in total. The van der Waals surface area contributed by atoms with Gasteiger partial charge in [0.1, 0.15) is 0 Å². The van der Waals surface area contributed by atoms with E-state index < -0.39 is 11.7 Å². The van der Waals surface area contributed by atoms with Crippen LogP contribution in [0.3, 0.4) is 0 Å². The minimum atomic E-state index is -4.37. The first-order valence-corrected chi connectivity index (χ1v) is 6.66. The third-order valence-corrected chi connectivity index (χ3v) is 3.59. The Morgan fingerprint density at radius 1 is 1.09 bits per heavy atom. The van der Waals surface area contributed by atoms with E-state index in [0.29, 0.717) is 16.7 Å². The monoisotopic (exact) mass is 303 g/mol. The number of H-pyrrole nitrogens is 1. The Morgan fingerprint density at radius 2 is 1.86 bits per heavy atom. The van der Waals surface area contributed by atoms with Gasteiger partial charge in [-0.3, -0.25) is 4.79 Å². The van der Waals surface area contributed by atoms with Gasteiger partial charge in [-0.05, 0) is 30.7 Å². The zero-order valence-electron chi connectivity index (χ0n) is 11.7. The molecule has 3 rings (SSSR count). The molecule has 2 aromatic carbocycles. The summed E-state index contributed by atoms with van der Waals surface area (Å²) in [7, 11) is 0. The Bertz CT molecular complexity index is 862. The van der Waals surface area contributed by atoms with Crippen LogP contribution in [-0.2, 0) is 6.18 Å². The van der Waals surface area contributed by atoms with E-state index in [-0.39, 0.29) is 5.78 Å². The molecule has 22 heavy (non-hydrogen) atoms. The SMILES string of the molecule is CC(=O)c1ccc2c(-c3cccc(C(F)(F)F)c3)c[nH]c2c1. The van der Waals surface area contributed by atoms with Gasteiger partial charge in [0.05, 0.1) is 5.56 Å². The van der Waals surface area contributed by atoms with Crippen LogP contribution in [0.5, 0.6) is 0 Å². The van der Waals surface area contributed by atoms with Crippen LogP contribution >= 0.6 is 0 Å². The number of aromatic amines is 1. The molecule has 0 bridgehead atoms. The standard InChI is InChI=1S/C17H12F3NO/c1-10(22)11-5-6-14-15(9-21-16(14)8-11)12-3-2-4-13(7-12)17(18,19)20/h2-9,21H,1H3. The van der Waals surface area contributed by atoms with Crippen molar-refractivity contribution < 1.29 is 18.0 Å². The molecule has 0 fully saturated rings. The molecule has 0 amide bonds. The number of aromatic nitrogens is 1. The molecule has 0 saturated heterocycles. The Morgan fingerprint density at radius 3 is 2.55 bits per heavy atom. The highest BCUT2D eigenvalue weighted by Gasteiger charge is 2.30. The lowest BCUT2D eigenvalue weighted by Crippen LogP contribution is -2.04. The van der Waals surface area contributed by atoms with Crippen LogP contribution in [0.25, 0.3) is 22.0 Å². The minimum Gasteiger partial charge on any atom is -0.361 e. The summed E-state index contributed by atoms with van der Waals surface area (Å²) in [5, 5.41) is 0.782. The van der Waals surface area contributed by atoms with E-state index in [1.807, 2.05) is 0 Å². The Labute approximate surface area is 124 Å². The van der Waals surface area contributed by atoms with Crippen molar-refractivity contribution in [1.29, 1.82) is 0 Å². The van der Waals surface area contributed by atoms with Gasteiger partial charge in [-0.15, -0.1) is 0 Å². The summed E-state index contributed by atoms with van der Waals surface area (Å²) in [6.45, 7) is 1.47. The van der Waals surface area contributed by atoms with Crippen molar-refractivity contribution >= 4 is 16.7 Å². The average Bonchev–Trinajstić information content (AvgIpc) is 2.89. The third kappa shape index (κ3) is 2.50. The van der Waals surface area contributed by atoms with E-state index in [1.165, 1.54) is 13.0 Å². The molecule has 3 aromatic rings. The van der Waals surface area contributed by atoms with Crippen LogP contribution in [0, 0.1) is 0 Å². The summed E-state index contributed by atoms with van der Waals surface area (Å²) in [6, 6.07) is 10.3. The number of rotatable bonds is 2. The molecular weight excluding hydrogens is 291 g/mol. The maximum Gasteiger partial charge on any atom is 0.416 e. The molecule has 0 unspecified atom stereocenters. The van der Waals surface area contributed by atoms with Crippen molar-refractivity contribution in [2.45, 2.75) is 13.1 Å². The number of carbonyl (C=O) groups excluding carboxylic acids is 1. The van der Waals surface area contributed by atoms with E-state index in [2.05, 4.69) is 4.98 Å². The van der Waals surface area contributed by atoms with Gasteiger partial charge in [-0.2, -0.15) is 13.2 Å². The first-order valence-electron chi connectivity index (χ1n) is 6.66. The number of halogens is 3. The zero-order valence-corrected chi connectivity index (χ0v) is 11.7. The van der Waals surface area contributed by atoms with Crippen LogP contribution in [0.4, 0.5) is 13.2 Å². The Hall–Kier alpha value is -2.56. The number of alkyl halides is 3. The number of benzene rings is 2. The first kappa shape index (κ1) is 14.4. The maximum atomic E-state index is 12.8. The number of hydrogen-bond donors (Lipinski definition) is 1. The summed E-state index contributed by atoms with van der Waals surface area (Å²) in [5.74, 6) is -0.0582. The number of nitrogens with one attached hydrogen (secondary N) is 1. The molecule has 0 aliphatic carbocycles. The molecular formula is C17H12F3NO. The lowest BCUT2D eigenvalue weighted by molar-refractivity contribution is -0.137. The van der Waals surface area contributed by atoms with Gasteiger partial charge < -0.3 is 4.98 Å². The van der Waals surface area contributed by atoms with Gasteiger partial charge in [-0.1, -0.05) is 24.3 Å². The van der Waals surface area contributed by atoms with E-state index in [0.717, 1.165) is 23.0 Å². The maximum absolute atomic E-state index is 12.8. The van der Waals surface area contributed by atoms with Gasteiger partial charge in [0, 0.05) is 28.2 Å². The second-order valence-corrected chi connectivity index (χ2v) is 5.10. The van der Waals surface area contributed by atoms with E-state index in [1.54, 1.807) is 30.5 Å². The molecule has 5 heteroatoms. The molecule has 1 aromatic heterocycles. The van der Waals surface area contributed by atoms with Gasteiger partial charge >= 0.3 is 6.18 Å². The fourth-order valence-electron chi connectivity index (χ4n) is 2.45. The van der Waals surface area contributed by atoms with E-state index in [4.69, 9.17) is 0 Å². The molecule has 0 spiro atoms. The summed E-state index contributed by atoms with van der Waals surface area (Å²) in [4.78, 5) is 14.4. The van der Waals surface area contributed by atoms with Crippen molar-refractivity contribution in [1.82, 2.24) is 4.98 Å². The van der Waals surface area contributed by atoms with Crippen LogP contribution in [-0.4, -0.2) is 10.8 Å². The molecule has 112 valence electrons. The van der Waals surface area contributed by atoms with E-state index in [9.17, 15) is 18.0 Å². The lowest BCUT2D eigenvalue weighted by Gasteiger charge is -2.08. The van der Waals surface area contributed by atoms with Crippen molar-refractivity contribution in [3.8, 4) is 11.1 Å². The van der Waals surface area contributed by atoms with Crippen molar-refractivity contribution in [2.24, 2.45) is 0 Å². The third-order valence-electron chi connectivity index (χ3n) is 3.59.